The molecular formula is C9H19N3O. The van der Waals surface area contributed by atoms with Gasteiger partial charge in [0, 0.05) is 31.1 Å². The van der Waals surface area contributed by atoms with Gasteiger partial charge in [-0.1, -0.05) is 6.92 Å². The molecule has 0 bridgehead atoms. The van der Waals surface area contributed by atoms with Crippen molar-refractivity contribution in [2.45, 2.75) is 32.4 Å². The molecule has 4 N–H and O–H groups in total. The van der Waals surface area contributed by atoms with E-state index in [9.17, 15) is 4.79 Å². The number of carbonyl (C=O) groups is 1. The lowest BCUT2D eigenvalue weighted by molar-refractivity contribution is -0.121. The van der Waals surface area contributed by atoms with Gasteiger partial charge in [0.15, 0.2) is 0 Å². The topological polar surface area (TPSA) is 72.3 Å². The van der Waals surface area contributed by atoms with E-state index in [2.05, 4.69) is 11.8 Å². The maximum atomic E-state index is 10.8. The van der Waals surface area contributed by atoms with E-state index in [-0.39, 0.29) is 17.9 Å². The fraction of sp³-hybridized carbons (Fsp3) is 0.889. The zero-order valence-corrected chi connectivity index (χ0v) is 8.36. The van der Waals surface area contributed by atoms with Crippen molar-refractivity contribution in [3.05, 3.63) is 0 Å². The highest BCUT2D eigenvalue weighted by atomic mass is 16.1. The van der Waals surface area contributed by atoms with E-state index < -0.39 is 0 Å². The number of hydrogen-bond acceptors (Lipinski definition) is 3. The predicted molar refractivity (Wildman–Crippen MR) is 52.0 cm³/mol. The molecule has 0 radical (unpaired) electrons. The molecule has 76 valence electrons. The molecule has 4 nitrogen and oxygen atoms in total. The van der Waals surface area contributed by atoms with Gasteiger partial charge in [-0.25, -0.2) is 0 Å². The summed E-state index contributed by atoms with van der Waals surface area (Å²) in [4.78, 5) is 13.1. The van der Waals surface area contributed by atoms with Gasteiger partial charge >= 0.3 is 0 Å². The van der Waals surface area contributed by atoms with Crippen molar-refractivity contribution >= 4 is 5.91 Å². The van der Waals surface area contributed by atoms with Gasteiger partial charge in [0.05, 0.1) is 0 Å². The first-order chi connectivity index (χ1) is 6.00. The standard InChI is InChI=1S/C9H19N3O/c1-6(9(11)13)4-12-5-8(10)3-7(12)2/h6-8H,3-5,10H2,1-2H3,(H2,11,13). The van der Waals surface area contributed by atoms with E-state index in [4.69, 9.17) is 11.5 Å². The molecule has 1 fully saturated rings. The van der Waals surface area contributed by atoms with E-state index in [1.165, 1.54) is 0 Å². The molecule has 3 atom stereocenters. The van der Waals surface area contributed by atoms with Crippen LogP contribution in [0.3, 0.4) is 0 Å². The summed E-state index contributed by atoms with van der Waals surface area (Å²) in [5, 5.41) is 0. The number of hydrogen-bond donors (Lipinski definition) is 2. The lowest BCUT2D eigenvalue weighted by Crippen LogP contribution is -2.37. The van der Waals surface area contributed by atoms with Crippen LogP contribution in [0.15, 0.2) is 0 Å². The Morgan fingerprint density at radius 3 is 2.69 bits per heavy atom. The predicted octanol–water partition coefficient (Wildman–Crippen LogP) is -0.471. The minimum absolute atomic E-state index is 0.0762. The highest BCUT2D eigenvalue weighted by Crippen LogP contribution is 2.17. The maximum Gasteiger partial charge on any atom is 0.221 e. The van der Waals surface area contributed by atoms with E-state index in [1.54, 1.807) is 0 Å². The van der Waals surface area contributed by atoms with Crippen molar-refractivity contribution in [1.29, 1.82) is 0 Å². The molecule has 1 saturated heterocycles. The number of primary amides is 1. The zero-order chi connectivity index (χ0) is 10.0. The zero-order valence-electron chi connectivity index (χ0n) is 8.36. The van der Waals surface area contributed by atoms with Crippen molar-refractivity contribution in [3.8, 4) is 0 Å². The summed E-state index contributed by atoms with van der Waals surface area (Å²) in [7, 11) is 0. The molecule has 0 aromatic rings. The largest absolute Gasteiger partial charge is 0.369 e. The number of likely N-dealkylation sites (tertiary alicyclic amines) is 1. The fourth-order valence-electron chi connectivity index (χ4n) is 1.84. The van der Waals surface area contributed by atoms with Gasteiger partial charge in [-0.05, 0) is 13.3 Å². The minimum atomic E-state index is -0.229. The average molecular weight is 185 g/mol. The molecule has 0 spiro atoms. The van der Waals surface area contributed by atoms with E-state index >= 15 is 0 Å². The molecule has 0 aromatic heterocycles. The summed E-state index contributed by atoms with van der Waals surface area (Å²) in [6.07, 6.45) is 1.02. The molecule has 3 unspecified atom stereocenters. The average Bonchev–Trinajstić information content (AvgIpc) is 2.30. The normalized spacial score (nSPS) is 31.9. The lowest BCUT2D eigenvalue weighted by Gasteiger charge is -2.23. The van der Waals surface area contributed by atoms with E-state index in [0.29, 0.717) is 6.04 Å². The number of amides is 1. The first-order valence-electron chi connectivity index (χ1n) is 4.79. The molecule has 1 heterocycles. The Kier molecular flexibility index (Phi) is 3.27. The second-order valence-corrected chi connectivity index (χ2v) is 4.10. The van der Waals surface area contributed by atoms with Crippen LogP contribution in [0.4, 0.5) is 0 Å². The second-order valence-electron chi connectivity index (χ2n) is 4.10. The van der Waals surface area contributed by atoms with E-state index in [0.717, 1.165) is 19.5 Å². The van der Waals surface area contributed by atoms with Crippen LogP contribution in [0.1, 0.15) is 20.3 Å². The van der Waals surface area contributed by atoms with Crippen LogP contribution >= 0.6 is 0 Å². The number of carbonyl (C=O) groups excluding carboxylic acids is 1. The van der Waals surface area contributed by atoms with Gasteiger partial charge in [0.1, 0.15) is 0 Å². The third kappa shape index (κ3) is 2.67. The molecule has 4 heteroatoms. The molecular weight excluding hydrogens is 166 g/mol. The monoisotopic (exact) mass is 185 g/mol. The van der Waals surface area contributed by atoms with Crippen LogP contribution in [0.5, 0.6) is 0 Å². The van der Waals surface area contributed by atoms with Crippen LogP contribution in [-0.4, -0.2) is 36.0 Å². The van der Waals surface area contributed by atoms with Crippen molar-refractivity contribution in [2.24, 2.45) is 17.4 Å². The lowest BCUT2D eigenvalue weighted by atomic mass is 10.1. The second kappa shape index (κ2) is 4.07. The van der Waals surface area contributed by atoms with Gasteiger partial charge in [-0.15, -0.1) is 0 Å². The van der Waals surface area contributed by atoms with Crippen molar-refractivity contribution in [1.82, 2.24) is 4.90 Å². The van der Waals surface area contributed by atoms with Gasteiger partial charge < -0.3 is 11.5 Å². The van der Waals surface area contributed by atoms with Crippen LogP contribution in [0, 0.1) is 5.92 Å². The first-order valence-corrected chi connectivity index (χ1v) is 4.79. The van der Waals surface area contributed by atoms with Gasteiger partial charge in [-0.3, -0.25) is 9.69 Å². The van der Waals surface area contributed by atoms with Crippen LogP contribution in [-0.2, 0) is 4.79 Å². The van der Waals surface area contributed by atoms with Gasteiger partial charge in [0.25, 0.3) is 0 Å². The summed E-state index contributed by atoms with van der Waals surface area (Å²) >= 11 is 0. The Morgan fingerprint density at radius 1 is 1.69 bits per heavy atom. The summed E-state index contributed by atoms with van der Waals surface area (Å²) in [6.45, 7) is 5.63. The summed E-state index contributed by atoms with van der Waals surface area (Å²) < 4.78 is 0. The molecule has 0 aromatic carbocycles. The molecule has 1 aliphatic rings. The van der Waals surface area contributed by atoms with Crippen LogP contribution in [0.2, 0.25) is 0 Å². The quantitative estimate of drug-likeness (QED) is 0.624. The Bertz CT molecular complexity index is 195. The third-order valence-corrected chi connectivity index (χ3v) is 2.73. The van der Waals surface area contributed by atoms with Crippen LogP contribution in [0.25, 0.3) is 0 Å². The summed E-state index contributed by atoms with van der Waals surface area (Å²) in [5.41, 5.74) is 11.0. The SMILES string of the molecule is CC(CN1CC(N)CC1C)C(N)=O. The number of rotatable bonds is 3. The van der Waals surface area contributed by atoms with Gasteiger partial charge in [-0.2, -0.15) is 0 Å². The minimum Gasteiger partial charge on any atom is -0.369 e. The molecule has 1 rings (SSSR count). The number of nitrogens with two attached hydrogens (primary N) is 2. The van der Waals surface area contributed by atoms with Crippen molar-refractivity contribution in [2.75, 3.05) is 13.1 Å². The van der Waals surface area contributed by atoms with E-state index in [1.807, 2.05) is 6.92 Å². The fourth-order valence-corrected chi connectivity index (χ4v) is 1.84. The Balaban J connectivity index is 2.41. The Morgan fingerprint density at radius 2 is 2.31 bits per heavy atom. The first kappa shape index (κ1) is 10.5. The number of nitrogens with zero attached hydrogens (tertiary/aromatic N) is 1. The summed E-state index contributed by atoms with van der Waals surface area (Å²) in [5.74, 6) is -0.305. The molecule has 1 aliphatic heterocycles. The third-order valence-electron chi connectivity index (χ3n) is 2.73. The van der Waals surface area contributed by atoms with Crippen molar-refractivity contribution < 1.29 is 4.79 Å². The summed E-state index contributed by atoms with van der Waals surface area (Å²) in [6, 6.07) is 0.742. The highest BCUT2D eigenvalue weighted by molar-refractivity contribution is 5.76. The smallest absolute Gasteiger partial charge is 0.221 e. The Hall–Kier alpha value is -0.610. The van der Waals surface area contributed by atoms with Crippen LogP contribution < -0.4 is 11.5 Å². The Labute approximate surface area is 79.3 Å². The molecule has 0 saturated carbocycles. The molecule has 13 heavy (non-hydrogen) atoms. The molecule has 0 aliphatic carbocycles. The maximum absolute atomic E-state index is 10.8. The molecule has 1 amide bonds. The van der Waals surface area contributed by atoms with Gasteiger partial charge in [0.2, 0.25) is 5.91 Å². The van der Waals surface area contributed by atoms with Crippen molar-refractivity contribution in [3.63, 3.8) is 0 Å². The highest BCUT2D eigenvalue weighted by Gasteiger charge is 2.28.